The van der Waals surface area contributed by atoms with Crippen molar-refractivity contribution in [3.05, 3.63) is 65.5 Å². The van der Waals surface area contributed by atoms with Crippen molar-refractivity contribution in [1.29, 1.82) is 0 Å². The fraction of sp³-hybridized carbons (Fsp3) is 0.158. The SMILES string of the molecule is CC(C)(N)c1ccc(/C(C=O)=C/c2ccnc3[nH]ccc23)cc1. The Morgan fingerprint density at radius 2 is 1.91 bits per heavy atom. The third kappa shape index (κ3) is 3.07. The number of allylic oxidation sites excluding steroid dienone is 1. The summed E-state index contributed by atoms with van der Waals surface area (Å²) in [4.78, 5) is 18.9. The van der Waals surface area contributed by atoms with E-state index < -0.39 is 5.54 Å². The van der Waals surface area contributed by atoms with Crippen LogP contribution in [0.2, 0.25) is 0 Å². The third-order valence-electron chi connectivity index (χ3n) is 3.89. The molecule has 0 aliphatic rings. The van der Waals surface area contributed by atoms with Crippen LogP contribution in [0.25, 0.3) is 22.7 Å². The molecule has 0 radical (unpaired) electrons. The van der Waals surface area contributed by atoms with Crippen molar-refractivity contribution >= 4 is 29.0 Å². The molecule has 0 fully saturated rings. The average molecular weight is 305 g/mol. The largest absolute Gasteiger partial charge is 0.346 e. The number of hydrogen-bond donors (Lipinski definition) is 2. The maximum Gasteiger partial charge on any atom is 0.150 e. The minimum Gasteiger partial charge on any atom is -0.346 e. The summed E-state index contributed by atoms with van der Waals surface area (Å²) in [6.07, 6.45) is 6.33. The van der Waals surface area contributed by atoms with Crippen molar-refractivity contribution in [1.82, 2.24) is 9.97 Å². The summed E-state index contributed by atoms with van der Waals surface area (Å²) < 4.78 is 0. The molecule has 2 heterocycles. The van der Waals surface area contributed by atoms with E-state index in [0.717, 1.165) is 34.0 Å². The second-order valence-corrected chi connectivity index (χ2v) is 6.16. The molecule has 4 nitrogen and oxygen atoms in total. The van der Waals surface area contributed by atoms with Crippen molar-refractivity contribution in [2.75, 3.05) is 0 Å². The van der Waals surface area contributed by atoms with Crippen LogP contribution in [0.4, 0.5) is 0 Å². The molecule has 3 aromatic rings. The van der Waals surface area contributed by atoms with Crippen molar-refractivity contribution in [3.8, 4) is 0 Å². The Labute approximate surface area is 135 Å². The molecule has 1 aromatic carbocycles. The molecule has 0 saturated carbocycles. The quantitative estimate of drug-likeness (QED) is 0.572. The van der Waals surface area contributed by atoms with Gasteiger partial charge in [0.25, 0.3) is 0 Å². The molecule has 4 heteroatoms. The lowest BCUT2D eigenvalue weighted by Gasteiger charge is -2.19. The summed E-state index contributed by atoms with van der Waals surface area (Å²) in [5.41, 5.74) is 9.99. The van der Waals surface area contributed by atoms with Gasteiger partial charge in [-0.2, -0.15) is 0 Å². The van der Waals surface area contributed by atoms with Crippen molar-refractivity contribution < 1.29 is 4.79 Å². The third-order valence-corrected chi connectivity index (χ3v) is 3.89. The minimum atomic E-state index is -0.397. The van der Waals surface area contributed by atoms with Crippen LogP contribution in [-0.4, -0.2) is 16.3 Å². The van der Waals surface area contributed by atoms with Crippen LogP contribution in [0.3, 0.4) is 0 Å². The number of nitrogens with zero attached hydrogens (tertiary/aromatic N) is 1. The Morgan fingerprint density at radius 3 is 2.57 bits per heavy atom. The molecule has 3 N–H and O–H groups in total. The van der Waals surface area contributed by atoms with Crippen LogP contribution in [0.1, 0.15) is 30.5 Å². The van der Waals surface area contributed by atoms with Gasteiger partial charge in [-0.1, -0.05) is 24.3 Å². The Kier molecular flexibility index (Phi) is 3.84. The molecule has 0 aliphatic carbocycles. The van der Waals surface area contributed by atoms with Gasteiger partial charge in [-0.05, 0) is 48.7 Å². The Hall–Kier alpha value is -2.72. The summed E-state index contributed by atoms with van der Waals surface area (Å²) >= 11 is 0. The highest BCUT2D eigenvalue weighted by molar-refractivity contribution is 6.14. The fourth-order valence-corrected chi connectivity index (χ4v) is 2.55. The molecule has 0 unspecified atom stereocenters. The van der Waals surface area contributed by atoms with E-state index in [1.807, 2.05) is 62.5 Å². The number of aromatic amines is 1. The number of nitrogens with two attached hydrogens (primary N) is 1. The maximum absolute atomic E-state index is 11.5. The van der Waals surface area contributed by atoms with Crippen molar-refractivity contribution in [3.63, 3.8) is 0 Å². The molecular weight excluding hydrogens is 286 g/mol. The number of benzene rings is 1. The zero-order chi connectivity index (χ0) is 16.4. The molecule has 0 aliphatic heterocycles. The fourth-order valence-electron chi connectivity index (χ4n) is 2.55. The maximum atomic E-state index is 11.5. The first-order valence-corrected chi connectivity index (χ1v) is 7.48. The van der Waals surface area contributed by atoms with Gasteiger partial charge in [0, 0.05) is 28.9 Å². The van der Waals surface area contributed by atoms with E-state index >= 15 is 0 Å². The average Bonchev–Trinajstić information content (AvgIpc) is 3.01. The van der Waals surface area contributed by atoms with E-state index in [-0.39, 0.29) is 0 Å². The highest BCUT2D eigenvalue weighted by Crippen LogP contribution is 2.24. The molecule has 0 spiro atoms. The number of hydrogen-bond acceptors (Lipinski definition) is 3. The van der Waals surface area contributed by atoms with Gasteiger partial charge in [-0.25, -0.2) is 4.98 Å². The minimum absolute atomic E-state index is 0.397. The van der Waals surface area contributed by atoms with Crippen LogP contribution >= 0.6 is 0 Å². The molecular formula is C19H19N3O. The molecule has 116 valence electrons. The molecule has 23 heavy (non-hydrogen) atoms. The Bertz CT molecular complexity index is 868. The number of pyridine rings is 1. The van der Waals surface area contributed by atoms with Gasteiger partial charge in [-0.15, -0.1) is 0 Å². The lowest BCUT2D eigenvalue weighted by Crippen LogP contribution is -2.28. The molecule has 0 bridgehead atoms. The van der Waals surface area contributed by atoms with E-state index in [0.29, 0.717) is 5.57 Å². The number of aldehydes is 1. The molecule has 0 amide bonds. The van der Waals surface area contributed by atoms with Gasteiger partial charge in [0.2, 0.25) is 0 Å². The van der Waals surface area contributed by atoms with E-state index in [1.165, 1.54) is 0 Å². The standard InChI is InChI=1S/C19H19N3O/c1-19(2,20)16-5-3-13(4-6-16)15(12-23)11-14-7-9-21-18-17(14)8-10-22-18/h3-12H,20H2,1-2H3,(H,21,22)/b15-11+. The van der Waals surface area contributed by atoms with Gasteiger partial charge in [0.05, 0.1) is 0 Å². The monoisotopic (exact) mass is 305 g/mol. The van der Waals surface area contributed by atoms with Crippen LogP contribution in [0.15, 0.2) is 48.8 Å². The van der Waals surface area contributed by atoms with Gasteiger partial charge >= 0.3 is 0 Å². The van der Waals surface area contributed by atoms with Crippen LogP contribution in [0, 0.1) is 0 Å². The lowest BCUT2D eigenvalue weighted by atomic mass is 9.93. The van der Waals surface area contributed by atoms with Gasteiger partial charge in [0.15, 0.2) is 6.29 Å². The second-order valence-electron chi connectivity index (χ2n) is 6.16. The van der Waals surface area contributed by atoms with Crippen LogP contribution in [0.5, 0.6) is 0 Å². The topological polar surface area (TPSA) is 71.8 Å². The Balaban J connectivity index is 2.02. The zero-order valence-electron chi connectivity index (χ0n) is 13.2. The summed E-state index contributed by atoms with van der Waals surface area (Å²) in [6, 6.07) is 11.6. The number of fused-ring (bicyclic) bond motifs is 1. The molecule has 0 atom stereocenters. The first kappa shape index (κ1) is 15.2. The van der Waals surface area contributed by atoms with Gasteiger partial charge in [-0.3, -0.25) is 4.79 Å². The second kappa shape index (κ2) is 5.82. The van der Waals surface area contributed by atoms with Crippen molar-refractivity contribution in [2.45, 2.75) is 19.4 Å². The zero-order valence-corrected chi connectivity index (χ0v) is 13.2. The predicted molar refractivity (Wildman–Crippen MR) is 93.7 cm³/mol. The lowest BCUT2D eigenvalue weighted by molar-refractivity contribution is -0.103. The highest BCUT2D eigenvalue weighted by Gasteiger charge is 2.14. The summed E-state index contributed by atoms with van der Waals surface area (Å²) in [5, 5.41) is 0.992. The number of H-pyrrole nitrogens is 1. The molecule has 3 rings (SSSR count). The van der Waals surface area contributed by atoms with Gasteiger partial charge in [0.1, 0.15) is 5.65 Å². The number of rotatable bonds is 4. The smallest absolute Gasteiger partial charge is 0.150 e. The normalized spacial score (nSPS) is 12.6. The number of aromatic nitrogens is 2. The summed E-state index contributed by atoms with van der Waals surface area (Å²) in [5.74, 6) is 0. The van der Waals surface area contributed by atoms with E-state index in [1.54, 1.807) is 6.20 Å². The predicted octanol–water partition coefficient (Wildman–Crippen LogP) is 3.50. The first-order chi connectivity index (χ1) is 11.0. The number of nitrogens with one attached hydrogen (secondary N) is 1. The van der Waals surface area contributed by atoms with E-state index in [4.69, 9.17) is 5.73 Å². The van der Waals surface area contributed by atoms with E-state index in [9.17, 15) is 4.79 Å². The summed E-state index contributed by atoms with van der Waals surface area (Å²) in [7, 11) is 0. The molecule has 0 saturated heterocycles. The van der Waals surface area contributed by atoms with E-state index in [2.05, 4.69) is 9.97 Å². The van der Waals surface area contributed by atoms with Crippen LogP contribution < -0.4 is 5.73 Å². The Morgan fingerprint density at radius 1 is 1.17 bits per heavy atom. The van der Waals surface area contributed by atoms with Gasteiger partial charge < -0.3 is 10.7 Å². The number of carbonyl (C=O) groups excluding carboxylic acids is 1. The molecule has 2 aromatic heterocycles. The van der Waals surface area contributed by atoms with Crippen molar-refractivity contribution in [2.24, 2.45) is 5.73 Å². The highest BCUT2D eigenvalue weighted by atomic mass is 16.1. The summed E-state index contributed by atoms with van der Waals surface area (Å²) in [6.45, 7) is 3.91. The van der Waals surface area contributed by atoms with Crippen LogP contribution in [-0.2, 0) is 10.3 Å². The number of carbonyl (C=O) groups is 1. The first-order valence-electron chi connectivity index (χ1n) is 7.48.